The number of aliphatic hydroxyl groups is 11. The average Bonchev–Trinajstić information content (AvgIpc) is 3.22. The molecule has 0 aromatic carbocycles. The van der Waals surface area contributed by atoms with Gasteiger partial charge >= 0.3 is 0 Å². The Kier molecular flexibility index (Phi) is 12.8. The number of carbonyl (C=O) groups excluding carboxylic acids is 1. The van der Waals surface area contributed by atoms with Crippen LogP contribution in [0.3, 0.4) is 0 Å². The minimum atomic E-state index is -1.90. The van der Waals surface area contributed by atoms with Crippen LogP contribution in [0.1, 0.15) is 92.9 Å². The highest BCUT2D eigenvalue weighted by molar-refractivity contribution is 5.91. The number of fused-ring (bicyclic) bond motifs is 7. The zero-order valence-corrected chi connectivity index (χ0v) is 37.2. The van der Waals surface area contributed by atoms with Gasteiger partial charge in [-0.2, -0.15) is 0 Å². The molecule has 0 bridgehead atoms. The molecule has 7 fully saturated rings. The topological polar surface area (TPSA) is 295 Å². The maximum absolute atomic E-state index is 14.1. The van der Waals surface area contributed by atoms with Crippen molar-refractivity contribution in [1.82, 2.24) is 0 Å². The largest absolute Gasteiger partial charge is 0.396 e. The van der Waals surface area contributed by atoms with E-state index in [4.69, 9.17) is 28.4 Å². The fourth-order valence-electron chi connectivity index (χ4n) is 14.1. The van der Waals surface area contributed by atoms with Crippen LogP contribution in [0.4, 0.5) is 0 Å². The second-order valence-electron chi connectivity index (χ2n) is 22.2. The molecule has 8 aliphatic rings. The summed E-state index contributed by atoms with van der Waals surface area (Å²) in [5.41, 5.74) is -2.79. The molecule has 3 aliphatic heterocycles. The van der Waals surface area contributed by atoms with Crippen molar-refractivity contribution in [2.24, 2.45) is 44.8 Å². The van der Waals surface area contributed by atoms with Crippen LogP contribution < -0.4 is 0 Å². The SMILES string of the molecule is CC1(C)CC[C@]2(O)C(=O)C[C@]3(C)C(=CC[C@@H]4[C@@]5(C)C[C@H](O)[C@H](O[C@@H]6OC[C@H](O)[C@H](O)[C@H]6O[C@@H]6O[C@H](CO[C@@H]7OC[C@H](O)[C@H](O)[C@H]7O)[C@@H](O)[C@H](O)[C@H]6O)[C@@](C)(CO)[C@@H]5CC[C@]43C)[C@@H]2C1. The lowest BCUT2D eigenvalue weighted by molar-refractivity contribution is -0.376. The Balaban J connectivity index is 1.02. The zero-order valence-electron chi connectivity index (χ0n) is 37.2. The number of hydrogen-bond donors (Lipinski definition) is 11. The highest BCUT2D eigenvalue weighted by Gasteiger charge is 2.71. The molecule has 360 valence electrons. The number of ether oxygens (including phenoxy) is 6. The first kappa shape index (κ1) is 48.2. The van der Waals surface area contributed by atoms with Gasteiger partial charge in [0.15, 0.2) is 24.7 Å². The van der Waals surface area contributed by atoms with Gasteiger partial charge < -0.3 is 84.6 Å². The third-order valence-electron chi connectivity index (χ3n) is 18.0. The van der Waals surface area contributed by atoms with Crippen molar-refractivity contribution in [2.45, 2.75) is 191 Å². The van der Waals surface area contributed by atoms with Crippen molar-refractivity contribution >= 4 is 5.78 Å². The summed E-state index contributed by atoms with van der Waals surface area (Å²) in [7, 11) is 0. The summed E-state index contributed by atoms with van der Waals surface area (Å²) in [5.74, 6) is -0.582. The van der Waals surface area contributed by atoms with Gasteiger partial charge in [-0.1, -0.05) is 53.2 Å². The Bertz CT molecular complexity index is 1730. The van der Waals surface area contributed by atoms with Crippen LogP contribution in [0.15, 0.2) is 11.6 Å². The van der Waals surface area contributed by atoms with Crippen LogP contribution in [0, 0.1) is 44.8 Å². The van der Waals surface area contributed by atoms with E-state index >= 15 is 0 Å². The summed E-state index contributed by atoms with van der Waals surface area (Å²) in [5, 5.41) is 120. The number of carbonyl (C=O) groups is 1. The van der Waals surface area contributed by atoms with Crippen LogP contribution in [-0.4, -0.2) is 186 Å². The normalized spacial score (nSPS) is 55.8. The lowest BCUT2D eigenvalue weighted by Gasteiger charge is -2.71. The Morgan fingerprint density at radius 1 is 0.714 bits per heavy atom. The number of ketones is 1. The number of allylic oxidation sites excluding steroid dienone is 1. The lowest BCUT2D eigenvalue weighted by Crippen LogP contribution is -2.70. The predicted molar refractivity (Wildman–Crippen MR) is 217 cm³/mol. The molecule has 11 N–H and O–H groups in total. The lowest BCUT2D eigenvalue weighted by atomic mass is 9.34. The monoisotopic (exact) mass is 900 g/mol. The highest BCUT2D eigenvalue weighted by atomic mass is 16.8. The molecule has 63 heavy (non-hydrogen) atoms. The van der Waals surface area contributed by atoms with Crippen molar-refractivity contribution in [2.75, 3.05) is 26.4 Å². The van der Waals surface area contributed by atoms with Crippen LogP contribution in [0.25, 0.3) is 0 Å². The van der Waals surface area contributed by atoms with Gasteiger partial charge in [0.1, 0.15) is 66.6 Å². The van der Waals surface area contributed by atoms with Gasteiger partial charge in [0, 0.05) is 23.2 Å². The summed E-state index contributed by atoms with van der Waals surface area (Å²) in [4.78, 5) is 14.1. The van der Waals surface area contributed by atoms with E-state index < -0.39 is 134 Å². The smallest absolute Gasteiger partial charge is 0.187 e. The molecule has 0 aromatic rings. The van der Waals surface area contributed by atoms with Gasteiger partial charge in [0.2, 0.25) is 0 Å². The van der Waals surface area contributed by atoms with E-state index in [0.717, 1.165) is 12.8 Å². The van der Waals surface area contributed by atoms with Gasteiger partial charge in [0.25, 0.3) is 0 Å². The number of Topliss-reactive ketones (excluding diaryl/α,β-unsaturated/α-hetero) is 1. The number of hydrogen-bond acceptors (Lipinski definition) is 18. The van der Waals surface area contributed by atoms with Crippen molar-refractivity contribution in [3.05, 3.63) is 11.6 Å². The maximum atomic E-state index is 14.1. The van der Waals surface area contributed by atoms with E-state index in [-0.39, 0.29) is 53.8 Å². The first-order valence-corrected chi connectivity index (χ1v) is 22.9. The van der Waals surface area contributed by atoms with E-state index in [1.807, 2.05) is 6.92 Å². The molecule has 0 amide bonds. The molecule has 0 aromatic heterocycles. The molecule has 23 atom stereocenters. The van der Waals surface area contributed by atoms with Gasteiger partial charge in [0.05, 0.1) is 38.6 Å². The molecule has 18 heteroatoms. The van der Waals surface area contributed by atoms with Gasteiger partial charge in [-0.05, 0) is 73.0 Å². The second-order valence-corrected chi connectivity index (χ2v) is 22.2. The summed E-state index contributed by atoms with van der Waals surface area (Å²) in [6.45, 7) is 11.2. The zero-order chi connectivity index (χ0) is 46.0. The molecular weight excluding hydrogens is 828 g/mol. The predicted octanol–water partition coefficient (Wildman–Crippen LogP) is -1.23. The molecule has 0 spiro atoms. The Morgan fingerprint density at radius 3 is 2.05 bits per heavy atom. The fourth-order valence-corrected chi connectivity index (χ4v) is 14.1. The maximum Gasteiger partial charge on any atom is 0.187 e. The van der Waals surface area contributed by atoms with Crippen LogP contribution >= 0.6 is 0 Å². The first-order chi connectivity index (χ1) is 29.4. The number of aliphatic hydroxyl groups excluding tert-OH is 10. The van der Waals surface area contributed by atoms with E-state index in [1.54, 1.807) is 0 Å². The van der Waals surface area contributed by atoms with Crippen molar-refractivity contribution in [1.29, 1.82) is 0 Å². The molecule has 3 heterocycles. The van der Waals surface area contributed by atoms with Crippen LogP contribution in [-0.2, 0) is 33.2 Å². The molecule has 0 unspecified atom stereocenters. The molecular formula is C45H72O18. The minimum Gasteiger partial charge on any atom is -0.396 e. The van der Waals surface area contributed by atoms with E-state index in [9.17, 15) is 61.0 Å². The first-order valence-electron chi connectivity index (χ1n) is 22.9. The summed E-state index contributed by atoms with van der Waals surface area (Å²) in [6.07, 6.45) is -16.6. The fraction of sp³-hybridized carbons (Fsp3) is 0.933. The van der Waals surface area contributed by atoms with E-state index in [2.05, 4.69) is 40.7 Å². The van der Waals surface area contributed by atoms with Crippen molar-refractivity contribution < 1.29 is 89.4 Å². The van der Waals surface area contributed by atoms with Crippen molar-refractivity contribution in [3.8, 4) is 0 Å². The standard InChI is InChI=1S/C45H72O18/c1-40(2)11-12-45(57)21(13-40)20-7-8-27-41(3)14-22(47)36(42(4,19-46)26(41)9-10-43(27,5)44(20,6)15-28(45)50)63-39-35(30(52)24(49)17-59-39)62-38-34(56)32(54)31(53)25(61-38)18-60-37-33(55)29(51)23(48)16-58-37/h7,21-27,29-39,46-49,51-57H,8-19H2,1-6H3/t21-,22-,23-,24-,25+,26+,27+,29-,30-,31+,32-,33+,34+,35+,36-,37-,38-,39-,41-,42-,43+,44+,45+/m0/s1. The van der Waals surface area contributed by atoms with E-state index in [0.29, 0.717) is 25.7 Å². The molecule has 5 aliphatic carbocycles. The summed E-state index contributed by atoms with van der Waals surface area (Å²) >= 11 is 0. The van der Waals surface area contributed by atoms with E-state index in [1.165, 1.54) is 5.57 Å². The summed E-state index contributed by atoms with van der Waals surface area (Å²) < 4.78 is 35.1. The molecule has 18 nitrogen and oxygen atoms in total. The third kappa shape index (κ3) is 7.54. The van der Waals surface area contributed by atoms with Gasteiger partial charge in [-0.15, -0.1) is 0 Å². The molecule has 8 rings (SSSR count). The summed E-state index contributed by atoms with van der Waals surface area (Å²) in [6, 6.07) is 0. The van der Waals surface area contributed by atoms with Crippen LogP contribution in [0.2, 0.25) is 0 Å². The minimum absolute atomic E-state index is 0.0122. The van der Waals surface area contributed by atoms with Gasteiger partial charge in [-0.3, -0.25) is 4.79 Å². The third-order valence-corrected chi connectivity index (χ3v) is 18.0. The number of rotatable bonds is 8. The van der Waals surface area contributed by atoms with Crippen LogP contribution in [0.5, 0.6) is 0 Å². The molecule has 0 radical (unpaired) electrons. The Morgan fingerprint density at radius 2 is 1.37 bits per heavy atom. The highest BCUT2D eigenvalue weighted by Crippen LogP contribution is 2.74. The Hall–Kier alpha value is -1.27. The molecule has 3 saturated heterocycles. The second kappa shape index (κ2) is 16.8. The Labute approximate surface area is 368 Å². The van der Waals surface area contributed by atoms with Gasteiger partial charge in [-0.25, -0.2) is 0 Å². The van der Waals surface area contributed by atoms with Crippen molar-refractivity contribution in [3.63, 3.8) is 0 Å². The molecule has 4 saturated carbocycles. The average molecular weight is 901 g/mol. The quantitative estimate of drug-likeness (QED) is 0.100.